The third-order valence-corrected chi connectivity index (χ3v) is 4.56. The minimum atomic E-state index is -0.850. The molecule has 0 fully saturated rings. The Hall–Kier alpha value is -2.63. The summed E-state index contributed by atoms with van der Waals surface area (Å²) in [4.78, 5) is 30.0. The molecule has 0 aliphatic rings. The predicted octanol–water partition coefficient (Wildman–Crippen LogP) is 3.50. The van der Waals surface area contributed by atoms with Crippen LogP contribution in [0.5, 0.6) is 0 Å². The van der Waals surface area contributed by atoms with E-state index < -0.39 is 5.97 Å². The molecule has 6 heteroatoms. The third-order valence-electron chi connectivity index (χ3n) is 4.56. The van der Waals surface area contributed by atoms with Gasteiger partial charge in [0.1, 0.15) is 0 Å². The van der Waals surface area contributed by atoms with Crippen molar-refractivity contribution in [2.24, 2.45) is 0 Å². The summed E-state index contributed by atoms with van der Waals surface area (Å²) in [6.45, 7) is 0. The highest BCUT2D eigenvalue weighted by Gasteiger charge is 2.15. The highest BCUT2D eigenvalue weighted by molar-refractivity contribution is 5.76. The maximum Gasteiger partial charge on any atom is 0.303 e. The summed E-state index contributed by atoms with van der Waals surface area (Å²) < 4.78 is 0. The van der Waals surface area contributed by atoms with E-state index in [1.807, 2.05) is 6.07 Å². The molecular weight excluding hydrogens is 342 g/mol. The number of benzene rings is 1. The number of unbranched alkanes of at least 4 members (excludes halogenated alkanes) is 3. The van der Waals surface area contributed by atoms with Crippen LogP contribution in [0.3, 0.4) is 0 Å². The second-order valence-electron chi connectivity index (χ2n) is 6.88. The lowest BCUT2D eigenvalue weighted by atomic mass is 10.0. The lowest BCUT2D eigenvalue weighted by Gasteiger charge is -2.17. The fraction of sp³-hybridized carbons (Fsp3) is 0.476. The van der Waals surface area contributed by atoms with Crippen molar-refractivity contribution >= 4 is 11.9 Å². The van der Waals surface area contributed by atoms with E-state index >= 15 is 0 Å². The quantitative estimate of drug-likeness (QED) is 0.470. The molecule has 2 aromatic rings. The van der Waals surface area contributed by atoms with Gasteiger partial charge in [-0.3, -0.25) is 9.59 Å². The van der Waals surface area contributed by atoms with Gasteiger partial charge in [-0.2, -0.15) is 0 Å². The fourth-order valence-corrected chi connectivity index (χ4v) is 3.10. The van der Waals surface area contributed by atoms with Crippen molar-refractivity contribution in [3.63, 3.8) is 0 Å². The number of nitrogens with zero attached hydrogens (tertiary/aromatic N) is 1. The normalized spacial score (nSPS) is 11.9. The van der Waals surface area contributed by atoms with Gasteiger partial charge in [0.15, 0.2) is 0 Å². The second kappa shape index (κ2) is 11.9. The molecule has 0 spiro atoms. The van der Waals surface area contributed by atoms with Gasteiger partial charge in [-0.1, -0.05) is 43.2 Å². The van der Waals surface area contributed by atoms with Crippen LogP contribution in [-0.2, 0) is 22.4 Å². The van der Waals surface area contributed by atoms with E-state index in [1.54, 1.807) is 12.5 Å². The van der Waals surface area contributed by atoms with Gasteiger partial charge in [-0.15, -0.1) is 0 Å². The van der Waals surface area contributed by atoms with Crippen LogP contribution in [0.15, 0.2) is 42.9 Å². The molecule has 0 radical (unpaired) electrons. The van der Waals surface area contributed by atoms with E-state index in [0.29, 0.717) is 19.3 Å². The number of aryl methyl sites for hydroxylation is 1. The molecule has 1 heterocycles. The molecule has 3 N–H and O–H groups in total. The smallest absolute Gasteiger partial charge is 0.303 e. The highest BCUT2D eigenvalue weighted by Crippen LogP contribution is 2.10. The number of carboxylic acid groups (broad SMARTS) is 1. The number of aromatic amines is 1. The topological polar surface area (TPSA) is 95.1 Å². The molecule has 0 saturated carbocycles. The Kier molecular flexibility index (Phi) is 9.10. The van der Waals surface area contributed by atoms with E-state index in [-0.39, 0.29) is 18.4 Å². The molecule has 6 nitrogen and oxygen atoms in total. The zero-order valence-corrected chi connectivity index (χ0v) is 15.7. The monoisotopic (exact) mass is 371 g/mol. The maximum atomic E-state index is 12.2. The number of carboxylic acids is 1. The molecule has 146 valence electrons. The van der Waals surface area contributed by atoms with E-state index in [9.17, 15) is 9.59 Å². The van der Waals surface area contributed by atoms with E-state index in [4.69, 9.17) is 5.11 Å². The van der Waals surface area contributed by atoms with Gasteiger partial charge < -0.3 is 15.4 Å². The Morgan fingerprint density at radius 2 is 1.85 bits per heavy atom. The van der Waals surface area contributed by atoms with Gasteiger partial charge in [-0.05, 0) is 31.2 Å². The van der Waals surface area contributed by atoms with Crippen LogP contribution >= 0.6 is 0 Å². The summed E-state index contributed by atoms with van der Waals surface area (Å²) in [6, 6.07) is 10.2. The summed E-state index contributed by atoms with van der Waals surface area (Å²) in [5.41, 5.74) is 2.25. The molecule has 0 saturated heterocycles. The van der Waals surface area contributed by atoms with Crippen LogP contribution in [0, 0.1) is 0 Å². The number of hydrogen-bond donors (Lipinski definition) is 3. The van der Waals surface area contributed by atoms with Gasteiger partial charge >= 0.3 is 5.97 Å². The van der Waals surface area contributed by atoms with E-state index in [2.05, 4.69) is 39.6 Å². The summed E-state index contributed by atoms with van der Waals surface area (Å²) >= 11 is 0. The van der Waals surface area contributed by atoms with Crippen LogP contribution in [-0.4, -0.2) is 33.0 Å². The lowest BCUT2D eigenvalue weighted by Crippen LogP contribution is -2.36. The lowest BCUT2D eigenvalue weighted by molar-refractivity contribution is -0.137. The number of imidazole rings is 1. The number of aromatic nitrogens is 2. The maximum absolute atomic E-state index is 12.2. The molecule has 1 amide bonds. The van der Waals surface area contributed by atoms with Crippen molar-refractivity contribution in [2.75, 3.05) is 0 Å². The van der Waals surface area contributed by atoms with Crippen molar-refractivity contribution < 1.29 is 14.7 Å². The molecule has 1 aromatic heterocycles. The fourth-order valence-electron chi connectivity index (χ4n) is 3.10. The molecule has 0 aliphatic heterocycles. The number of amides is 1. The van der Waals surface area contributed by atoms with Crippen molar-refractivity contribution in [3.8, 4) is 0 Å². The first-order chi connectivity index (χ1) is 13.1. The average Bonchev–Trinajstić information content (AvgIpc) is 3.16. The Balaban J connectivity index is 1.62. The van der Waals surface area contributed by atoms with Crippen LogP contribution in [0.2, 0.25) is 0 Å². The zero-order chi connectivity index (χ0) is 19.3. The van der Waals surface area contributed by atoms with Crippen LogP contribution in [0.4, 0.5) is 0 Å². The first-order valence-corrected chi connectivity index (χ1v) is 9.66. The minimum absolute atomic E-state index is 0.00652. The number of H-pyrrole nitrogens is 1. The van der Waals surface area contributed by atoms with Crippen LogP contribution in [0.25, 0.3) is 0 Å². The van der Waals surface area contributed by atoms with Gasteiger partial charge in [0.05, 0.1) is 6.33 Å². The van der Waals surface area contributed by atoms with Gasteiger partial charge in [0.2, 0.25) is 5.91 Å². The Morgan fingerprint density at radius 1 is 1.07 bits per heavy atom. The molecule has 0 bridgehead atoms. The summed E-state index contributed by atoms with van der Waals surface area (Å²) in [6.07, 6.45) is 9.99. The van der Waals surface area contributed by atoms with Crippen LogP contribution in [0.1, 0.15) is 56.2 Å². The van der Waals surface area contributed by atoms with Crippen LogP contribution < -0.4 is 5.32 Å². The summed E-state index contributed by atoms with van der Waals surface area (Å²) in [7, 11) is 0. The summed E-state index contributed by atoms with van der Waals surface area (Å²) in [5, 5.41) is 11.9. The van der Waals surface area contributed by atoms with Gasteiger partial charge in [0.25, 0.3) is 0 Å². The molecule has 2 rings (SSSR count). The zero-order valence-electron chi connectivity index (χ0n) is 15.7. The Morgan fingerprint density at radius 3 is 2.56 bits per heavy atom. The summed E-state index contributed by atoms with van der Waals surface area (Å²) in [5.74, 6) is -0.856. The highest BCUT2D eigenvalue weighted by atomic mass is 16.4. The molecular formula is C21H29N3O3. The SMILES string of the molecule is O=C(O)CC[C@@H](Cc1cnc[nH]1)NC(=O)CCCCCCc1ccccc1. The number of aliphatic carboxylic acids is 1. The largest absolute Gasteiger partial charge is 0.481 e. The van der Waals surface area contributed by atoms with Crippen molar-refractivity contribution in [1.82, 2.24) is 15.3 Å². The number of rotatable bonds is 13. The number of carbonyl (C=O) groups is 2. The van der Waals surface area contributed by atoms with E-state index in [1.165, 1.54) is 5.56 Å². The molecule has 0 unspecified atom stereocenters. The number of nitrogens with one attached hydrogen (secondary N) is 2. The molecule has 27 heavy (non-hydrogen) atoms. The first-order valence-electron chi connectivity index (χ1n) is 9.66. The third kappa shape index (κ3) is 9.03. The Bertz CT molecular complexity index is 671. The molecule has 0 aliphatic carbocycles. The Labute approximate surface area is 160 Å². The first kappa shape index (κ1) is 20.7. The van der Waals surface area contributed by atoms with Crippen molar-refractivity contribution in [2.45, 2.75) is 63.8 Å². The van der Waals surface area contributed by atoms with Gasteiger partial charge in [0, 0.05) is 37.2 Å². The van der Waals surface area contributed by atoms with E-state index in [0.717, 1.165) is 37.8 Å². The molecule has 1 aromatic carbocycles. The van der Waals surface area contributed by atoms with Gasteiger partial charge in [-0.25, -0.2) is 4.98 Å². The minimum Gasteiger partial charge on any atom is -0.481 e. The number of hydrogen-bond acceptors (Lipinski definition) is 3. The van der Waals surface area contributed by atoms with Crippen molar-refractivity contribution in [3.05, 3.63) is 54.1 Å². The predicted molar refractivity (Wildman–Crippen MR) is 104 cm³/mol. The second-order valence-corrected chi connectivity index (χ2v) is 6.88. The number of carbonyl (C=O) groups excluding carboxylic acids is 1. The average molecular weight is 371 g/mol. The molecule has 1 atom stereocenters. The van der Waals surface area contributed by atoms with Crippen molar-refractivity contribution in [1.29, 1.82) is 0 Å². The standard InChI is InChI=1S/C21H29N3O3/c25-20(11-7-2-1-4-8-17-9-5-3-6-10-17)24-18(12-13-21(26)27)14-19-15-22-16-23-19/h3,5-6,9-10,15-16,18H,1-2,4,7-8,11-14H2,(H,22,23)(H,24,25)(H,26,27)/t18-/m0/s1.